The van der Waals surface area contributed by atoms with E-state index in [0.29, 0.717) is 17.2 Å². The van der Waals surface area contributed by atoms with E-state index in [1.54, 1.807) is 18.2 Å². The molecule has 4 nitrogen and oxygen atoms in total. The van der Waals surface area contributed by atoms with E-state index < -0.39 is 12.8 Å². The maximum Gasteiger partial charge on any atom is 0.411 e. The Labute approximate surface area is 109 Å². The van der Waals surface area contributed by atoms with Crippen molar-refractivity contribution in [2.45, 2.75) is 6.18 Å². The van der Waals surface area contributed by atoms with Crippen molar-refractivity contribution in [2.75, 3.05) is 39.3 Å². The van der Waals surface area contributed by atoms with Crippen LogP contribution in [0.2, 0.25) is 0 Å². The van der Waals surface area contributed by atoms with E-state index in [0.717, 1.165) is 0 Å². The van der Waals surface area contributed by atoms with Crippen LogP contribution in [-0.4, -0.2) is 40.2 Å². The van der Waals surface area contributed by atoms with Crippen LogP contribution in [0.25, 0.3) is 0 Å². The Balaban J connectivity index is 2.37. The number of ether oxygens (including phenoxy) is 3. The molecule has 0 heterocycles. The average molecular weight is 279 g/mol. The van der Waals surface area contributed by atoms with Crippen molar-refractivity contribution in [3.05, 3.63) is 18.2 Å². The predicted octanol–water partition coefficient (Wildman–Crippen LogP) is 2.69. The van der Waals surface area contributed by atoms with Crippen LogP contribution in [0, 0.1) is 0 Å². The van der Waals surface area contributed by atoms with E-state index in [4.69, 9.17) is 9.47 Å². The van der Waals surface area contributed by atoms with Crippen molar-refractivity contribution in [1.82, 2.24) is 0 Å². The molecular weight excluding hydrogens is 263 g/mol. The molecule has 0 fully saturated rings. The number of rotatable bonds is 7. The second-order valence-corrected chi connectivity index (χ2v) is 3.66. The van der Waals surface area contributed by atoms with E-state index in [9.17, 15) is 13.2 Å². The average Bonchev–Trinajstić information content (AvgIpc) is 2.36. The minimum atomic E-state index is -4.29. The Morgan fingerprint density at radius 1 is 1.11 bits per heavy atom. The zero-order chi connectivity index (χ0) is 14.3. The van der Waals surface area contributed by atoms with Crippen LogP contribution in [-0.2, 0) is 4.74 Å². The fourth-order valence-electron chi connectivity index (χ4n) is 1.40. The third-order valence-corrected chi connectivity index (χ3v) is 2.22. The van der Waals surface area contributed by atoms with Crippen molar-refractivity contribution in [1.29, 1.82) is 0 Å². The SMILES string of the molecule is COc1ccc(NCCOCC(F)(F)F)cc1OC. The molecular formula is C12H16F3NO3. The number of halogens is 3. The molecule has 0 spiro atoms. The topological polar surface area (TPSA) is 39.7 Å². The summed E-state index contributed by atoms with van der Waals surface area (Å²) in [4.78, 5) is 0. The van der Waals surface area contributed by atoms with Gasteiger partial charge in [0.15, 0.2) is 11.5 Å². The van der Waals surface area contributed by atoms with Gasteiger partial charge in [-0.05, 0) is 12.1 Å². The van der Waals surface area contributed by atoms with E-state index >= 15 is 0 Å². The molecule has 0 atom stereocenters. The zero-order valence-electron chi connectivity index (χ0n) is 10.7. The normalized spacial score (nSPS) is 11.2. The molecule has 0 saturated carbocycles. The Hall–Kier alpha value is -1.63. The summed E-state index contributed by atoms with van der Waals surface area (Å²) in [7, 11) is 3.03. The Morgan fingerprint density at radius 3 is 2.37 bits per heavy atom. The molecule has 0 saturated heterocycles. The highest BCUT2D eigenvalue weighted by molar-refractivity contribution is 5.54. The number of hydrogen-bond donors (Lipinski definition) is 1. The van der Waals surface area contributed by atoms with Crippen LogP contribution in [0.4, 0.5) is 18.9 Å². The first-order valence-electron chi connectivity index (χ1n) is 5.56. The summed E-state index contributed by atoms with van der Waals surface area (Å²) in [6.45, 7) is -1.000. The fraction of sp³-hybridized carbons (Fsp3) is 0.500. The molecule has 0 amide bonds. The largest absolute Gasteiger partial charge is 0.493 e. The molecule has 108 valence electrons. The first-order chi connectivity index (χ1) is 8.96. The first kappa shape index (κ1) is 15.4. The van der Waals surface area contributed by atoms with Gasteiger partial charge >= 0.3 is 6.18 Å². The van der Waals surface area contributed by atoms with Gasteiger partial charge in [-0.2, -0.15) is 13.2 Å². The standard InChI is InChI=1S/C12H16F3NO3/c1-17-10-4-3-9(7-11(10)18-2)16-5-6-19-8-12(13,14)15/h3-4,7,16H,5-6,8H2,1-2H3. The lowest BCUT2D eigenvalue weighted by Gasteiger charge is -2.12. The summed E-state index contributed by atoms with van der Waals surface area (Å²) >= 11 is 0. The summed E-state index contributed by atoms with van der Waals surface area (Å²) in [6, 6.07) is 5.14. The van der Waals surface area contributed by atoms with Crippen LogP contribution >= 0.6 is 0 Å². The maximum atomic E-state index is 11.8. The van der Waals surface area contributed by atoms with Crippen LogP contribution in [0.15, 0.2) is 18.2 Å². The molecule has 0 aliphatic carbocycles. The molecule has 1 aromatic carbocycles. The smallest absolute Gasteiger partial charge is 0.411 e. The van der Waals surface area contributed by atoms with Crippen LogP contribution < -0.4 is 14.8 Å². The van der Waals surface area contributed by atoms with E-state index in [2.05, 4.69) is 10.1 Å². The number of nitrogens with one attached hydrogen (secondary N) is 1. The minimum Gasteiger partial charge on any atom is -0.493 e. The third-order valence-electron chi connectivity index (χ3n) is 2.22. The number of hydrogen-bond acceptors (Lipinski definition) is 4. The van der Waals surface area contributed by atoms with Gasteiger partial charge in [0.2, 0.25) is 0 Å². The molecule has 0 bridgehead atoms. The summed E-state index contributed by atoms with van der Waals surface area (Å²) in [5, 5.41) is 2.93. The van der Waals surface area contributed by atoms with Gasteiger partial charge in [-0.1, -0.05) is 0 Å². The van der Waals surface area contributed by atoms with Gasteiger partial charge < -0.3 is 19.5 Å². The van der Waals surface area contributed by atoms with Crippen molar-refractivity contribution in [2.24, 2.45) is 0 Å². The van der Waals surface area contributed by atoms with Gasteiger partial charge in [0.1, 0.15) is 6.61 Å². The molecule has 1 aromatic rings. The van der Waals surface area contributed by atoms with Gasteiger partial charge in [-0.25, -0.2) is 0 Å². The second-order valence-electron chi connectivity index (χ2n) is 3.66. The van der Waals surface area contributed by atoms with Crippen LogP contribution in [0.5, 0.6) is 11.5 Å². The fourth-order valence-corrected chi connectivity index (χ4v) is 1.40. The molecule has 1 rings (SSSR count). The Morgan fingerprint density at radius 2 is 1.79 bits per heavy atom. The van der Waals surface area contributed by atoms with Crippen molar-refractivity contribution in [3.63, 3.8) is 0 Å². The molecule has 0 aliphatic heterocycles. The summed E-state index contributed by atoms with van der Waals surface area (Å²) in [6.07, 6.45) is -4.29. The van der Waals surface area contributed by atoms with Crippen molar-refractivity contribution < 1.29 is 27.4 Å². The molecule has 0 aliphatic rings. The van der Waals surface area contributed by atoms with E-state index in [1.807, 2.05) is 0 Å². The van der Waals surface area contributed by atoms with E-state index in [1.165, 1.54) is 14.2 Å². The summed E-state index contributed by atoms with van der Waals surface area (Å²) in [5.41, 5.74) is 0.716. The van der Waals surface area contributed by atoms with Crippen LogP contribution in [0.1, 0.15) is 0 Å². The van der Waals surface area contributed by atoms with Gasteiger partial charge in [0.05, 0.1) is 20.8 Å². The number of alkyl halides is 3. The molecule has 0 unspecified atom stereocenters. The summed E-state index contributed by atoms with van der Waals surface area (Å²) < 4.78 is 50.1. The summed E-state index contributed by atoms with van der Waals surface area (Å²) in [5.74, 6) is 1.13. The van der Waals surface area contributed by atoms with Gasteiger partial charge in [0.25, 0.3) is 0 Å². The highest BCUT2D eigenvalue weighted by Gasteiger charge is 2.27. The molecule has 19 heavy (non-hydrogen) atoms. The molecule has 0 radical (unpaired) electrons. The van der Waals surface area contributed by atoms with E-state index in [-0.39, 0.29) is 13.2 Å². The number of benzene rings is 1. The highest BCUT2D eigenvalue weighted by atomic mass is 19.4. The third kappa shape index (κ3) is 5.69. The molecule has 7 heteroatoms. The predicted molar refractivity (Wildman–Crippen MR) is 64.9 cm³/mol. The van der Waals surface area contributed by atoms with Gasteiger partial charge in [-0.15, -0.1) is 0 Å². The van der Waals surface area contributed by atoms with Crippen molar-refractivity contribution in [3.8, 4) is 11.5 Å². The molecule has 0 aromatic heterocycles. The van der Waals surface area contributed by atoms with Crippen LogP contribution in [0.3, 0.4) is 0 Å². The lowest BCUT2D eigenvalue weighted by atomic mass is 10.2. The minimum absolute atomic E-state index is 0.0339. The van der Waals surface area contributed by atoms with Gasteiger partial charge in [-0.3, -0.25) is 0 Å². The quantitative estimate of drug-likeness (QED) is 0.779. The zero-order valence-corrected chi connectivity index (χ0v) is 10.7. The number of methoxy groups -OCH3 is 2. The Bertz CT molecular complexity index is 396. The van der Waals surface area contributed by atoms with Crippen molar-refractivity contribution >= 4 is 5.69 Å². The highest BCUT2D eigenvalue weighted by Crippen LogP contribution is 2.29. The van der Waals surface area contributed by atoms with Gasteiger partial charge in [0, 0.05) is 18.3 Å². The molecule has 1 N–H and O–H groups in total. The monoisotopic (exact) mass is 279 g/mol. The first-order valence-corrected chi connectivity index (χ1v) is 5.56. The maximum absolute atomic E-state index is 11.8. The second kappa shape index (κ2) is 7.08. The Kier molecular flexibility index (Phi) is 5.75. The number of anilines is 1. The lowest BCUT2D eigenvalue weighted by Crippen LogP contribution is -2.20. The lowest BCUT2D eigenvalue weighted by molar-refractivity contribution is -0.172.